The molecule has 0 bridgehead atoms. The van der Waals surface area contributed by atoms with Gasteiger partial charge in [-0.1, -0.05) is 20.3 Å². The quantitative estimate of drug-likeness (QED) is 0.846. The summed E-state index contributed by atoms with van der Waals surface area (Å²) in [5.74, 6) is 0.670. The van der Waals surface area contributed by atoms with Crippen molar-refractivity contribution in [2.45, 2.75) is 46.0 Å². The normalized spacial score (nSPS) is 15.7. The van der Waals surface area contributed by atoms with Crippen LogP contribution in [0.4, 0.5) is 0 Å². The number of rotatable bonds is 3. The van der Waals surface area contributed by atoms with Crippen LogP contribution in [-0.2, 0) is 19.3 Å². The number of fused-ring (bicyclic) bond motifs is 2. The zero-order valence-corrected chi connectivity index (χ0v) is 11.6. The van der Waals surface area contributed by atoms with E-state index in [4.69, 9.17) is 0 Å². The van der Waals surface area contributed by atoms with E-state index in [0.29, 0.717) is 5.92 Å². The highest BCUT2D eigenvalue weighted by atomic mass is 16.1. The maximum absolute atomic E-state index is 12.3. The molecule has 2 heterocycles. The van der Waals surface area contributed by atoms with Gasteiger partial charge in [-0.3, -0.25) is 9.20 Å². The Kier molecular flexibility index (Phi) is 3.13. The molecule has 1 unspecified atom stereocenters. The molecule has 0 spiro atoms. The molecule has 3 rings (SSSR count). The SMILES string of the molecule is CCC(C)Cc1ccn2c(=O)c3c(nc2c1)CCC3. The second-order valence-corrected chi connectivity index (χ2v) is 5.68. The standard InChI is InChI=1S/C16H20N2O/c1-3-11(2)9-12-7-8-18-15(10-12)17-14-6-4-5-13(14)16(18)19/h7-8,10-11H,3-6,9H2,1-2H3. The van der Waals surface area contributed by atoms with Gasteiger partial charge >= 0.3 is 0 Å². The molecule has 0 N–H and O–H groups in total. The van der Waals surface area contributed by atoms with E-state index >= 15 is 0 Å². The maximum Gasteiger partial charge on any atom is 0.261 e. The first kappa shape index (κ1) is 12.4. The molecule has 3 heteroatoms. The first-order valence-corrected chi connectivity index (χ1v) is 7.22. The summed E-state index contributed by atoms with van der Waals surface area (Å²) in [4.78, 5) is 17.0. The summed E-state index contributed by atoms with van der Waals surface area (Å²) < 4.78 is 1.70. The van der Waals surface area contributed by atoms with Crippen LogP contribution in [0, 0.1) is 5.92 Å². The first-order valence-electron chi connectivity index (χ1n) is 7.22. The van der Waals surface area contributed by atoms with Crippen LogP contribution in [0.5, 0.6) is 0 Å². The lowest BCUT2D eigenvalue weighted by molar-refractivity contribution is 0.560. The second-order valence-electron chi connectivity index (χ2n) is 5.68. The van der Waals surface area contributed by atoms with E-state index in [0.717, 1.165) is 42.6 Å². The molecular weight excluding hydrogens is 236 g/mol. The van der Waals surface area contributed by atoms with Crippen molar-refractivity contribution < 1.29 is 0 Å². The predicted octanol–water partition coefficient (Wildman–Crippen LogP) is 2.77. The van der Waals surface area contributed by atoms with E-state index in [1.165, 1.54) is 12.0 Å². The van der Waals surface area contributed by atoms with Gasteiger partial charge in [0.2, 0.25) is 0 Å². The van der Waals surface area contributed by atoms with Crippen molar-refractivity contribution >= 4 is 5.65 Å². The maximum atomic E-state index is 12.3. The van der Waals surface area contributed by atoms with Gasteiger partial charge in [-0.15, -0.1) is 0 Å². The van der Waals surface area contributed by atoms with Crippen molar-refractivity contribution in [1.82, 2.24) is 9.38 Å². The lowest BCUT2D eigenvalue weighted by atomic mass is 10.00. The zero-order valence-electron chi connectivity index (χ0n) is 11.6. The minimum Gasteiger partial charge on any atom is -0.269 e. The summed E-state index contributed by atoms with van der Waals surface area (Å²) in [5.41, 5.74) is 4.16. The number of hydrogen-bond donors (Lipinski definition) is 0. The molecule has 0 amide bonds. The molecule has 0 aromatic carbocycles. The Balaban J connectivity index is 2.09. The van der Waals surface area contributed by atoms with Crippen LogP contribution in [0.2, 0.25) is 0 Å². The largest absolute Gasteiger partial charge is 0.269 e. The second kappa shape index (κ2) is 4.80. The van der Waals surface area contributed by atoms with Crippen molar-refractivity contribution in [3.8, 4) is 0 Å². The fourth-order valence-electron chi connectivity index (χ4n) is 2.83. The van der Waals surface area contributed by atoms with E-state index < -0.39 is 0 Å². The van der Waals surface area contributed by atoms with E-state index in [9.17, 15) is 4.79 Å². The Morgan fingerprint density at radius 1 is 1.42 bits per heavy atom. The Morgan fingerprint density at radius 2 is 2.26 bits per heavy atom. The first-order chi connectivity index (χ1) is 9.19. The summed E-state index contributed by atoms with van der Waals surface area (Å²) in [6, 6.07) is 4.13. The molecule has 0 radical (unpaired) electrons. The highest BCUT2D eigenvalue weighted by Crippen LogP contribution is 2.18. The van der Waals surface area contributed by atoms with Crippen LogP contribution in [-0.4, -0.2) is 9.38 Å². The van der Waals surface area contributed by atoms with Gasteiger partial charge in [0.15, 0.2) is 0 Å². The molecule has 0 fully saturated rings. The van der Waals surface area contributed by atoms with Crippen LogP contribution in [0.15, 0.2) is 23.1 Å². The summed E-state index contributed by atoms with van der Waals surface area (Å²) >= 11 is 0. The van der Waals surface area contributed by atoms with Gasteiger partial charge in [-0.05, 0) is 49.3 Å². The summed E-state index contributed by atoms with van der Waals surface area (Å²) in [6.07, 6.45) is 7.03. The Morgan fingerprint density at radius 3 is 3.05 bits per heavy atom. The number of nitrogens with zero attached hydrogens (tertiary/aromatic N) is 2. The molecule has 2 aromatic heterocycles. The third-order valence-electron chi connectivity index (χ3n) is 4.20. The third kappa shape index (κ3) is 2.18. The molecule has 0 saturated heterocycles. The topological polar surface area (TPSA) is 34.4 Å². The molecule has 0 saturated carbocycles. The minimum absolute atomic E-state index is 0.132. The van der Waals surface area contributed by atoms with Gasteiger partial charge in [0.05, 0.1) is 5.69 Å². The van der Waals surface area contributed by atoms with E-state index in [-0.39, 0.29) is 5.56 Å². The predicted molar refractivity (Wildman–Crippen MR) is 76.6 cm³/mol. The van der Waals surface area contributed by atoms with Crippen LogP contribution in [0.25, 0.3) is 5.65 Å². The van der Waals surface area contributed by atoms with E-state index in [1.54, 1.807) is 4.40 Å². The molecule has 19 heavy (non-hydrogen) atoms. The van der Waals surface area contributed by atoms with Gasteiger partial charge < -0.3 is 0 Å². The third-order valence-corrected chi connectivity index (χ3v) is 4.20. The summed E-state index contributed by atoms with van der Waals surface area (Å²) in [6.45, 7) is 4.47. The lowest BCUT2D eigenvalue weighted by Gasteiger charge is -2.10. The molecule has 1 atom stereocenters. The molecule has 3 nitrogen and oxygen atoms in total. The van der Waals surface area contributed by atoms with Gasteiger partial charge in [-0.25, -0.2) is 4.98 Å². The lowest BCUT2D eigenvalue weighted by Crippen LogP contribution is -2.20. The summed E-state index contributed by atoms with van der Waals surface area (Å²) in [5, 5.41) is 0. The van der Waals surface area contributed by atoms with Crippen molar-refractivity contribution in [3.05, 3.63) is 45.5 Å². The Bertz CT molecular complexity index is 672. The number of hydrogen-bond acceptors (Lipinski definition) is 2. The van der Waals surface area contributed by atoms with Gasteiger partial charge in [0.25, 0.3) is 5.56 Å². The highest BCUT2D eigenvalue weighted by molar-refractivity contribution is 5.44. The molecule has 1 aliphatic carbocycles. The number of pyridine rings is 1. The van der Waals surface area contributed by atoms with Gasteiger partial charge in [0, 0.05) is 11.8 Å². The van der Waals surface area contributed by atoms with E-state index in [1.807, 2.05) is 6.20 Å². The van der Waals surface area contributed by atoms with Crippen LogP contribution >= 0.6 is 0 Å². The molecule has 1 aliphatic rings. The van der Waals surface area contributed by atoms with Crippen LogP contribution < -0.4 is 5.56 Å². The van der Waals surface area contributed by atoms with Crippen molar-refractivity contribution in [3.63, 3.8) is 0 Å². The zero-order chi connectivity index (χ0) is 13.4. The molecular formula is C16H20N2O. The number of aryl methyl sites for hydroxylation is 1. The summed E-state index contributed by atoms with van der Waals surface area (Å²) in [7, 11) is 0. The van der Waals surface area contributed by atoms with Crippen molar-refractivity contribution in [2.75, 3.05) is 0 Å². The average Bonchev–Trinajstić information content (AvgIpc) is 2.87. The van der Waals surface area contributed by atoms with Gasteiger partial charge in [0.1, 0.15) is 5.65 Å². The van der Waals surface area contributed by atoms with Crippen LogP contribution in [0.3, 0.4) is 0 Å². The Labute approximate surface area is 113 Å². The average molecular weight is 256 g/mol. The fraction of sp³-hybridized carbons (Fsp3) is 0.500. The van der Waals surface area contributed by atoms with Crippen LogP contribution in [0.1, 0.15) is 43.5 Å². The minimum atomic E-state index is 0.132. The fourth-order valence-corrected chi connectivity index (χ4v) is 2.83. The Hall–Kier alpha value is -1.64. The van der Waals surface area contributed by atoms with Crippen molar-refractivity contribution in [2.24, 2.45) is 5.92 Å². The number of aromatic nitrogens is 2. The van der Waals surface area contributed by atoms with Gasteiger partial charge in [-0.2, -0.15) is 0 Å². The van der Waals surface area contributed by atoms with Crippen molar-refractivity contribution in [1.29, 1.82) is 0 Å². The smallest absolute Gasteiger partial charge is 0.261 e. The molecule has 100 valence electrons. The molecule has 0 aliphatic heterocycles. The van der Waals surface area contributed by atoms with E-state index in [2.05, 4.69) is 31.0 Å². The highest BCUT2D eigenvalue weighted by Gasteiger charge is 2.17. The molecule has 2 aromatic rings. The monoisotopic (exact) mass is 256 g/mol.